The number of rotatable bonds is 4. The fraction of sp³-hybridized carbons (Fsp3) is 0.333. The highest BCUT2D eigenvalue weighted by atomic mass is 19.1. The van der Waals surface area contributed by atoms with Crippen LogP contribution in [-0.4, -0.2) is 11.8 Å². The van der Waals surface area contributed by atoms with Gasteiger partial charge in [0.05, 0.1) is 17.5 Å². The summed E-state index contributed by atoms with van der Waals surface area (Å²) >= 11 is 0. The van der Waals surface area contributed by atoms with E-state index in [1.165, 1.54) is 12.1 Å². The quantitative estimate of drug-likeness (QED) is 0.858. The minimum Gasteiger partial charge on any atom is -0.326 e. The summed E-state index contributed by atoms with van der Waals surface area (Å²) in [6.45, 7) is 6.25. The Morgan fingerprint density at radius 2 is 1.38 bits per heavy atom. The van der Waals surface area contributed by atoms with Crippen molar-refractivity contribution in [2.45, 2.75) is 32.6 Å². The van der Waals surface area contributed by atoms with Crippen LogP contribution in [0.3, 0.4) is 0 Å². The third-order valence-corrected chi connectivity index (χ3v) is 4.59. The predicted octanol–water partition coefficient (Wildman–Crippen LogP) is 4.34. The van der Waals surface area contributed by atoms with E-state index in [1.54, 1.807) is 12.1 Å². The Kier molecular flexibility index (Phi) is 4.81. The van der Waals surface area contributed by atoms with Gasteiger partial charge in [0.15, 0.2) is 0 Å². The maximum absolute atomic E-state index is 13.6. The highest BCUT2D eigenvalue weighted by molar-refractivity contribution is 6.03. The van der Waals surface area contributed by atoms with E-state index in [4.69, 9.17) is 0 Å². The first-order valence-corrected chi connectivity index (χ1v) is 8.73. The summed E-state index contributed by atoms with van der Waals surface area (Å²) < 4.78 is 13.6. The molecule has 2 unspecified atom stereocenters. The molecule has 1 saturated carbocycles. The second-order valence-electron chi connectivity index (χ2n) is 7.70. The van der Waals surface area contributed by atoms with Crippen LogP contribution < -0.4 is 10.6 Å². The Bertz CT molecular complexity index is 842. The molecular weight excluding hydrogens is 331 g/mol. The molecular formula is C21H23FN2O2. The molecule has 2 atom stereocenters. The molecule has 3 rings (SSSR count). The fourth-order valence-corrected chi connectivity index (χ4v) is 3.03. The van der Waals surface area contributed by atoms with Crippen LogP contribution in [0.5, 0.6) is 0 Å². The Hall–Kier alpha value is -2.69. The van der Waals surface area contributed by atoms with E-state index in [1.807, 2.05) is 24.3 Å². The lowest BCUT2D eigenvalue weighted by Gasteiger charge is -2.23. The van der Waals surface area contributed by atoms with Crippen LogP contribution in [0.4, 0.5) is 15.8 Å². The maximum atomic E-state index is 13.6. The highest BCUT2D eigenvalue weighted by Gasteiger charge is 2.48. The molecule has 5 heteroatoms. The van der Waals surface area contributed by atoms with E-state index in [0.717, 1.165) is 11.3 Å². The van der Waals surface area contributed by atoms with Crippen LogP contribution in [0.1, 0.15) is 32.8 Å². The van der Waals surface area contributed by atoms with Crippen LogP contribution in [0.15, 0.2) is 48.5 Å². The normalized spacial score (nSPS) is 18.9. The molecule has 2 N–H and O–H groups in total. The van der Waals surface area contributed by atoms with Crippen molar-refractivity contribution >= 4 is 23.2 Å². The molecule has 0 aromatic heterocycles. The number of benzene rings is 2. The van der Waals surface area contributed by atoms with Crippen LogP contribution in [0, 0.1) is 17.7 Å². The largest absolute Gasteiger partial charge is 0.326 e. The van der Waals surface area contributed by atoms with E-state index >= 15 is 0 Å². The number of para-hydroxylation sites is 2. The van der Waals surface area contributed by atoms with Gasteiger partial charge in [-0.3, -0.25) is 9.59 Å². The minimum atomic E-state index is -0.485. The first-order valence-electron chi connectivity index (χ1n) is 8.73. The van der Waals surface area contributed by atoms with E-state index < -0.39 is 11.7 Å². The zero-order valence-corrected chi connectivity index (χ0v) is 15.2. The molecule has 1 fully saturated rings. The van der Waals surface area contributed by atoms with E-state index in [9.17, 15) is 14.0 Å². The summed E-state index contributed by atoms with van der Waals surface area (Å²) in [5, 5.41) is 5.51. The first-order chi connectivity index (χ1) is 12.3. The van der Waals surface area contributed by atoms with E-state index in [-0.39, 0.29) is 28.8 Å². The summed E-state index contributed by atoms with van der Waals surface area (Å²) in [5.74, 6) is -1.78. The Balaban J connectivity index is 1.63. The molecule has 136 valence electrons. The third kappa shape index (κ3) is 3.93. The number of amides is 2. The number of nitrogens with one attached hydrogen (secondary N) is 2. The number of carbonyl (C=O) groups is 2. The first kappa shape index (κ1) is 18.1. The van der Waals surface area contributed by atoms with Gasteiger partial charge in [-0.25, -0.2) is 4.39 Å². The number of hydrogen-bond donors (Lipinski definition) is 2. The minimum absolute atomic E-state index is 0.102. The van der Waals surface area contributed by atoms with Crippen LogP contribution >= 0.6 is 0 Å². The summed E-state index contributed by atoms with van der Waals surface area (Å²) in [7, 11) is 0. The molecule has 0 radical (unpaired) electrons. The van der Waals surface area contributed by atoms with Gasteiger partial charge in [0.1, 0.15) is 5.82 Å². The predicted molar refractivity (Wildman–Crippen MR) is 100 cm³/mol. The topological polar surface area (TPSA) is 58.2 Å². The number of hydrogen-bond acceptors (Lipinski definition) is 2. The van der Waals surface area contributed by atoms with E-state index in [2.05, 4.69) is 31.4 Å². The second kappa shape index (κ2) is 6.90. The van der Waals surface area contributed by atoms with Crippen LogP contribution in [0.2, 0.25) is 0 Å². The summed E-state index contributed by atoms with van der Waals surface area (Å²) in [4.78, 5) is 24.8. The van der Waals surface area contributed by atoms with Crippen molar-refractivity contribution in [2.75, 3.05) is 10.6 Å². The standard InChI is InChI=1S/C21H23FN2O2/c1-21(2,3)15-8-4-6-10-17(15)23-19(25)13-12-14(13)20(26)24-18-11-7-5-9-16(18)22/h4-11,13-14H,12H2,1-3H3,(H,23,25)(H,24,26). The fourth-order valence-electron chi connectivity index (χ4n) is 3.03. The average Bonchev–Trinajstić information content (AvgIpc) is 3.37. The van der Waals surface area contributed by atoms with Crippen molar-refractivity contribution < 1.29 is 14.0 Å². The lowest BCUT2D eigenvalue weighted by atomic mass is 9.86. The van der Waals surface area contributed by atoms with Gasteiger partial charge in [-0.05, 0) is 35.6 Å². The summed E-state index contributed by atoms with van der Waals surface area (Å²) in [5.41, 5.74) is 1.85. The SMILES string of the molecule is CC(C)(C)c1ccccc1NC(=O)C1CC1C(=O)Nc1ccccc1F. The van der Waals surface area contributed by atoms with Crippen LogP contribution in [-0.2, 0) is 15.0 Å². The Morgan fingerprint density at radius 1 is 0.885 bits per heavy atom. The lowest BCUT2D eigenvalue weighted by molar-refractivity contribution is -0.122. The Labute approximate surface area is 152 Å². The zero-order chi connectivity index (χ0) is 18.9. The maximum Gasteiger partial charge on any atom is 0.228 e. The molecule has 0 bridgehead atoms. The van der Waals surface area contributed by atoms with Gasteiger partial charge in [-0.15, -0.1) is 0 Å². The molecule has 2 aromatic carbocycles. The molecule has 0 spiro atoms. The van der Waals surface area contributed by atoms with Crippen LogP contribution in [0.25, 0.3) is 0 Å². The molecule has 0 heterocycles. The molecule has 4 nitrogen and oxygen atoms in total. The average molecular weight is 354 g/mol. The van der Waals surface area contributed by atoms with Gasteiger partial charge in [0.25, 0.3) is 0 Å². The van der Waals surface area contributed by atoms with Crippen molar-refractivity contribution in [1.82, 2.24) is 0 Å². The lowest BCUT2D eigenvalue weighted by Crippen LogP contribution is -2.23. The number of carbonyl (C=O) groups excluding carboxylic acids is 2. The summed E-state index contributed by atoms with van der Waals surface area (Å²) in [6.07, 6.45) is 0.476. The van der Waals surface area contributed by atoms with Crippen molar-refractivity contribution in [3.05, 3.63) is 59.9 Å². The third-order valence-electron chi connectivity index (χ3n) is 4.59. The van der Waals surface area contributed by atoms with Crippen molar-refractivity contribution in [2.24, 2.45) is 11.8 Å². The summed E-state index contributed by atoms with van der Waals surface area (Å²) in [6, 6.07) is 13.7. The van der Waals surface area contributed by atoms with Crippen molar-refractivity contribution in [3.63, 3.8) is 0 Å². The van der Waals surface area contributed by atoms with Gasteiger partial charge < -0.3 is 10.6 Å². The van der Waals surface area contributed by atoms with E-state index in [0.29, 0.717) is 6.42 Å². The number of halogens is 1. The van der Waals surface area contributed by atoms with Gasteiger partial charge in [0.2, 0.25) is 11.8 Å². The molecule has 26 heavy (non-hydrogen) atoms. The Morgan fingerprint density at radius 3 is 1.96 bits per heavy atom. The number of anilines is 2. The van der Waals surface area contributed by atoms with Gasteiger partial charge >= 0.3 is 0 Å². The van der Waals surface area contributed by atoms with Crippen molar-refractivity contribution in [1.29, 1.82) is 0 Å². The molecule has 1 aliphatic rings. The van der Waals surface area contributed by atoms with Gasteiger partial charge in [0, 0.05) is 5.69 Å². The molecule has 1 aliphatic carbocycles. The molecule has 2 amide bonds. The van der Waals surface area contributed by atoms with Gasteiger partial charge in [-0.1, -0.05) is 51.1 Å². The molecule has 0 saturated heterocycles. The second-order valence-corrected chi connectivity index (χ2v) is 7.70. The highest BCUT2D eigenvalue weighted by Crippen LogP contribution is 2.41. The zero-order valence-electron chi connectivity index (χ0n) is 15.2. The van der Waals surface area contributed by atoms with Gasteiger partial charge in [-0.2, -0.15) is 0 Å². The monoisotopic (exact) mass is 354 g/mol. The molecule has 2 aromatic rings. The van der Waals surface area contributed by atoms with Crippen molar-refractivity contribution in [3.8, 4) is 0 Å². The molecule has 0 aliphatic heterocycles. The smallest absolute Gasteiger partial charge is 0.228 e.